The van der Waals surface area contributed by atoms with Gasteiger partial charge < -0.3 is 10.2 Å². The van der Waals surface area contributed by atoms with Gasteiger partial charge in [-0.25, -0.2) is 4.39 Å². The number of hydrogen-bond acceptors (Lipinski definition) is 5. The van der Waals surface area contributed by atoms with Crippen LogP contribution < -0.4 is 5.73 Å². The van der Waals surface area contributed by atoms with E-state index in [1.807, 2.05) is 12.1 Å². The van der Waals surface area contributed by atoms with Crippen LogP contribution in [-0.4, -0.2) is 20.7 Å². The van der Waals surface area contributed by atoms with Gasteiger partial charge in [-0.2, -0.15) is 0 Å². The molecule has 28 heavy (non-hydrogen) atoms. The normalized spacial score (nSPS) is 10.9. The van der Waals surface area contributed by atoms with Crippen LogP contribution in [0.4, 0.5) is 4.39 Å². The van der Waals surface area contributed by atoms with Gasteiger partial charge in [0.15, 0.2) is 10.9 Å². The van der Waals surface area contributed by atoms with Crippen LogP contribution in [0.15, 0.2) is 76.5 Å². The molecule has 8 heteroatoms. The lowest BCUT2D eigenvalue weighted by atomic mass is 10.1. The van der Waals surface area contributed by atoms with Crippen LogP contribution in [-0.2, 0) is 5.75 Å². The van der Waals surface area contributed by atoms with E-state index in [0.29, 0.717) is 33.7 Å². The molecule has 4 aromatic rings. The van der Waals surface area contributed by atoms with Gasteiger partial charge in [0.1, 0.15) is 5.82 Å². The Kier molecular flexibility index (Phi) is 4.94. The predicted molar refractivity (Wildman–Crippen MR) is 104 cm³/mol. The number of aromatic nitrogens is 3. The number of primary amides is 1. The molecule has 2 aromatic carbocycles. The molecule has 0 bridgehead atoms. The third-order valence-electron chi connectivity index (χ3n) is 4.07. The van der Waals surface area contributed by atoms with E-state index >= 15 is 0 Å². The van der Waals surface area contributed by atoms with Crippen molar-refractivity contribution in [2.75, 3.05) is 0 Å². The predicted octanol–water partition coefficient (Wildman–Crippen LogP) is 4.06. The number of para-hydroxylation sites is 1. The molecule has 0 aliphatic rings. The van der Waals surface area contributed by atoms with E-state index in [1.165, 1.54) is 24.1 Å². The highest BCUT2D eigenvalue weighted by Crippen LogP contribution is 2.30. The minimum atomic E-state index is -0.471. The van der Waals surface area contributed by atoms with Gasteiger partial charge in [-0.3, -0.25) is 9.36 Å². The number of hydrogen-bond donors (Lipinski definition) is 1. The fourth-order valence-electron chi connectivity index (χ4n) is 2.69. The molecular formula is C20H15FN4O2S. The maximum absolute atomic E-state index is 14.5. The number of nitrogens with zero attached hydrogens (tertiary/aromatic N) is 3. The molecule has 6 nitrogen and oxygen atoms in total. The van der Waals surface area contributed by atoms with Crippen molar-refractivity contribution >= 4 is 17.7 Å². The highest BCUT2D eigenvalue weighted by Gasteiger charge is 2.20. The maximum Gasteiger partial charge on any atom is 0.248 e. The zero-order chi connectivity index (χ0) is 19.5. The molecule has 0 unspecified atom stereocenters. The molecule has 0 aliphatic heterocycles. The molecule has 0 saturated heterocycles. The number of thioether (sulfide) groups is 1. The molecule has 0 radical (unpaired) electrons. The summed E-state index contributed by atoms with van der Waals surface area (Å²) >= 11 is 1.40. The van der Waals surface area contributed by atoms with Crippen molar-refractivity contribution in [1.29, 1.82) is 0 Å². The molecule has 2 N–H and O–H groups in total. The van der Waals surface area contributed by atoms with Crippen molar-refractivity contribution in [3.8, 4) is 17.3 Å². The second kappa shape index (κ2) is 7.69. The average molecular weight is 394 g/mol. The number of carbonyl (C=O) groups excluding carboxylic acids is 1. The van der Waals surface area contributed by atoms with Gasteiger partial charge in [-0.05, 0) is 42.0 Å². The van der Waals surface area contributed by atoms with Gasteiger partial charge in [-0.1, -0.05) is 36.0 Å². The Morgan fingerprint density at radius 3 is 2.54 bits per heavy atom. The number of halogens is 1. The monoisotopic (exact) mass is 394 g/mol. The van der Waals surface area contributed by atoms with E-state index in [1.54, 1.807) is 47.0 Å². The second-order valence-electron chi connectivity index (χ2n) is 5.92. The molecule has 0 saturated carbocycles. The van der Waals surface area contributed by atoms with Crippen molar-refractivity contribution in [2.24, 2.45) is 5.73 Å². The topological polar surface area (TPSA) is 86.9 Å². The summed E-state index contributed by atoms with van der Waals surface area (Å²) < 4.78 is 21.5. The van der Waals surface area contributed by atoms with Crippen LogP contribution in [0, 0.1) is 5.82 Å². The number of furan rings is 1. The SMILES string of the molecule is NC(=O)c1ccc(CSc2nnc(-c3ccco3)n2-c2ccccc2F)cc1. The van der Waals surface area contributed by atoms with Crippen LogP contribution in [0.25, 0.3) is 17.3 Å². The van der Waals surface area contributed by atoms with Crippen LogP contribution in [0.1, 0.15) is 15.9 Å². The fraction of sp³-hybridized carbons (Fsp3) is 0.0500. The minimum absolute atomic E-state index is 0.338. The van der Waals surface area contributed by atoms with E-state index in [-0.39, 0.29) is 5.82 Å². The largest absolute Gasteiger partial charge is 0.461 e. The molecule has 2 aromatic heterocycles. The van der Waals surface area contributed by atoms with Crippen LogP contribution >= 0.6 is 11.8 Å². The Hall–Kier alpha value is -3.39. The highest BCUT2D eigenvalue weighted by molar-refractivity contribution is 7.98. The Labute approximate surface area is 164 Å². The fourth-order valence-corrected chi connectivity index (χ4v) is 3.59. The highest BCUT2D eigenvalue weighted by atomic mass is 32.2. The molecule has 0 fully saturated rings. The summed E-state index contributed by atoms with van der Waals surface area (Å²) in [6.07, 6.45) is 1.53. The molecular weight excluding hydrogens is 379 g/mol. The summed E-state index contributed by atoms with van der Waals surface area (Å²) in [6, 6.07) is 16.9. The summed E-state index contributed by atoms with van der Waals surface area (Å²) in [5, 5.41) is 8.95. The Morgan fingerprint density at radius 1 is 1.07 bits per heavy atom. The van der Waals surface area contributed by atoms with E-state index in [2.05, 4.69) is 10.2 Å². The molecule has 2 heterocycles. The van der Waals surface area contributed by atoms with Crippen molar-refractivity contribution in [1.82, 2.24) is 14.8 Å². The third-order valence-corrected chi connectivity index (χ3v) is 5.07. The van der Waals surface area contributed by atoms with Gasteiger partial charge >= 0.3 is 0 Å². The third kappa shape index (κ3) is 3.54. The second-order valence-corrected chi connectivity index (χ2v) is 6.86. The van der Waals surface area contributed by atoms with Crippen LogP contribution in [0.3, 0.4) is 0 Å². The van der Waals surface area contributed by atoms with E-state index in [9.17, 15) is 9.18 Å². The first-order valence-electron chi connectivity index (χ1n) is 8.39. The van der Waals surface area contributed by atoms with Gasteiger partial charge in [0.05, 0.1) is 12.0 Å². The maximum atomic E-state index is 14.5. The lowest BCUT2D eigenvalue weighted by molar-refractivity contribution is 0.100. The number of benzene rings is 2. The van der Waals surface area contributed by atoms with Crippen molar-refractivity contribution in [3.05, 3.63) is 83.9 Å². The number of rotatable bonds is 6. The van der Waals surface area contributed by atoms with E-state index < -0.39 is 5.91 Å². The summed E-state index contributed by atoms with van der Waals surface area (Å²) in [7, 11) is 0. The smallest absolute Gasteiger partial charge is 0.248 e. The summed E-state index contributed by atoms with van der Waals surface area (Å²) in [6.45, 7) is 0. The first-order chi connectivity index (χ1) is 13.6. The number of nitrogens with two attached hydrogens (primary N) is 1. The summed E-state index contributed by atoms with van der Waals surface area (Å²) in [5.74, 6) is 0.614. The average Bonchev–Trinajstić information content (AvgIpc) is 3.37. The zero-order valence-corrected chi connectivity index (χ0v) is 15.4. The molecule has 0 aliphatic carbocycles. The molecule has 140 valence electrons. The molecule has 0 atom stereocenters. The van der Waals surface area contributed by atoms with Crippen molar-refractivity contribution < 1.29 is 13.6 Å². The Balaban J connectivity index is 1.67. The van der Waals surface area contributed by atoms with Crippen molar-refractivity contribution in [3.63, 3.8) is 0 Å². The number of carbonyl (C=O) groups is 1. The summed E-state index contributed by atoms with van der Waals surface area (Å²) in [5.41, 5.74) is 7.02. The molecule has 4 rings (SSSR count). The van der Waals surface area contributed by atoms with Gasteiger partial charge in [0, 0.05) is 11.3 Å². The molecule has 0 spiro atoms. The van der Waals surface area contributed by atoms with Crippen molar-refractivity contribution in [2.45, 2.75) is 10.9 Å². The minimum Gasteiger partial charge on any atom is -0.461 e. The van der Waals surface area contributed by atoms with Crippen LogP contribution in [0.5, 0.6) is 0 Å². The Bertz CT molecular complexity index is 1110. The van der Waals surface area contributed by atoms with Crippen LogP contribution in [0.2, 0.25) is 0 Å². The van der Waals surface area contributed by atoms with E-state index in [0.717, 1.165) is 5.56 Å². The lowest BCUT2D eigenvalue weighted by Gasteiger charge is -2.10. The van der Waals surface area contributed by atoms with Gasteiger partial charge in [0.2, 0.25) is 11.7 Å². The lowest BCUT2D eigenvalue weighted by Crippen LogP contribution is -2.10. The first kappa shape index (κ1) is 18.0. The standard InChI is InChI=1S/C20H15FN4O2S/c21-15-4-1-2-5-16(15)25-19(17-6-3-11-27-17)23-24-20(25)28-12-13-7-9-14(10-8-13)18(22)26/h1-11H,12H2,(H2,22,26). The number of amides is 1. The van der Waals surface area contributed by atoms with Gasteiger partial charge in [-0.15, -0.1) is 10.2 Å². The van der Waals surface area contributed by atoms with Gasteiger partial charge in [0.25, 0.3) is 0 Å². The summed E-state index contributed by atoms with van der Waals surface area (Å²) in [4.78, 5) is 11.2. The quantitative estimate of drug-likeness (QED) is 0.499. The molecule has 1 amide bonds. The Morgan fingerprint density at radius 2 is 1.86 bits per heavy atom. The zero-order valence-electron chi connectivity index (χ0n) is 14.6. The first-order valence-corrected chi connectivity index (χ1v) is 9.38. The van der Waals surface area contributed by atoms with E-state index in [4.69, 9.17) is 10.2 Å².